The fourth-order valence-corrected chi connectivity index (χ4v) is 5.52. The van der Waals surface area contributed by atoms with Crippen LogP contribution in [0.4, 0.5) is 5.69 Å². The van der Waals surface area contributed by atoms with Crippen LogP contribution in [-0.4, -0.2) is 47.0 Å². The van der Waals surface area contributed by atoms with Gasteiger partial charge in [-0.25, -0.2) is 9.97 Å². The number of anilines is 1. The third-order valence-electron chi connectivity index (χ3n) is 7.60. The first-order chi connectivity index (χ1) is 19.1. The topological polar surface area (TPSA) is 67.4 Å². The fraction of sp³-hybridized carbons (Fsp3) is 0.303. The second-order valence-corrected chi connectivity index (χ2v) is 10.6. The Hall–Kier alpha value is -4.03. The van der Waals surface area contributed by atoms with Gasteiger partial charge >= 0.3 is 0 Å². The molecule has 3 heterocycles. The molecule has 1 fully saturated rings. The third-order valence-corrected chi connectivity index (χ3v) is 7.60. The van der Waals surface area contributed by atoms with Crippen LogP contribution >= 0.6 is 0 Å². The van der Waals surface area contributed by atoms with Crippen molar-refractivity contribution in [1.82, 2.24) is 14.9 Å². The predicted molar refractivity (Wildman–Crippen MR) is 154 cm³/mol. The van der Waals surface area contributed by atoms with Crippen molar-refractivity contribution in [2.45, 2.75) is 39.0 Å². The maximum atomic E-state index is 13.4. The number of hydrogen-bond donors (Lipinski definition) is 1. The van der Waals surface area contributed by atoms with Gasteiger partial charge in [0, 0.05) is 36.8 Å². The van der Waals surface area contributed by atoms with Crippen LogP contribution in [0, 0.1) is 6.92 Å². The third kappa shape index (κ3) is 6.02. The number of aromatic nitrogens is 2. The summed E-state index contributed by atoms with van der Waals surface area (Å²) in [6.07, 6.45) is 6.79. The predicted octanol–water partition coefficient (Wildman–Crippen LogP) is 5.87. The number of carbonyl (C=O) groups is 1. The Labute approximate surface area is 230 Å². The molecule has 2 aliphatic rings. The van der Waals surface area contributed by atoms with Crippen molar-refractivity contribution in [3.8, 4) is 17.0 Å². The molecule has 1 N–H and O–H groups in total. The molecule has 0 atom stereocenters. The SMILES string of the molecule is Cc1cccc(-c2ccnc(Cc3cc4c(c(C(=O)Nc5ccc(CCN6CCCC6)cc5)c3)OCC4)n2)c1. The number of hydrogen-bond acceptors (Lipinski definition) is 5. The lowest BCUT2D eigenvalue weighted by Crippen LogP contribution is -2.21. The monoisotopic (exact) mass is 518 g/mol. The van der Waals surface area contributed by atoms with Gasteiger partial charge in [-0.3, -0.25) is 4.79 Å². The van der Waals surface area contributed by atoms with Crippen LogP contribution in [-0.2, 0) is 19.3 Å². The zero-order chi connectivity index (χ0) is 26.6. The van der Waals surface area contributed by atoms with Gasteiger partial charge in [0.1, 0.15) is 11.6 Å². The number of benzene rings is 3. The zero-order valence-electron chi connectivity index (χ0n) is 22.5. The number of likely N-dealkylation sites (tertiary alicyclic amines) is 1. The normalized spacial score (nSPS) is 14.7. The molecule has 0 unspecified atom stereocenters. The quantitative estimate of drug-likeness (QED) is 0.316. The van der Waals surface area contributed by atoms with E-state index in [2.05, 4.69) is 58.5 Å². The van der Waals surface area contributed by atoms with E-state index >= 15 is 0 Å². The van der Waals surface area contributed by atoms with Gasteiger partial charge in [0.25, 0.3) is 5.91 Å². The van der Waals surface area contributed by atoms with Crippen LogP contribution in [0.5, 0.6) is 5.75 Å². The van der Waals surface area contributed by atoms with E-state index in [0.717, 1.165) is 53.3 Å². The zero-order valence-corrected chi connectivity index (χ0v) is 22.5. The average Bonchev–Trinajstić information content (AvgIpc) is 3.65. The molecule has 1 amide bonds. The van der Waals surface area contributed by atoms with Crippen molar-refractivity contribution < 1.29 is 9.53 Å². The van der Waals surface area contributed by atoms with Gasteiger partial charge in [0.15, 0.2) is 0 Å². The van der Waals surface area contributed by atoms with E-state index < -0.39 is 0 Å². The van der Waals surface area contributed by atoms with Crippen molar-refractivity contribution in [3.05, 3.63) is 107 Å². The van der Waals surface area contributed by atoms with Crippen LogP contribution in [0.25, 0.3) is 11.3 Å². The summed E-state index contributed by atoms with van der Waals surface area (Å²) in [5, 5.41) is 3.08. The summed E-state index contributed by atoms with van der Waals surface area (Å²) in [7, 11) is 0. The van der Waals surface area contributed by atoms with Gasteiger partial charge in [-0.05, 0) is 86.3 Å². The Morgan fingerprint density at radius 3 is 2.67 bits per heavy atom. The Morgan fingerprint density at radius 1 is 1.00 bits per heavy atom. The lowest BCUT2D eigenvalue weighted by molar-refractivity contribution is 0.102. The first-order valence-electron chi connectivity index (χ1n) is 13.9. The Bertz CT molecular complexity index is 1480. The second kappa shape index (κ2) is 11.4. The Kier molecular flexibility index (Phi) is 7.37. The van der Waals surface area contributed by atoms with Crippen LogP contribution in [0.1, 0.15) is 51.3 Å². The Morgan fingerprint density at radius 2 is 1.85 bits per heavy atom. The number of nitrogens with zero attached hydrogens (tertiary/aromatic N) is 3. The van der Waals surface area contributed by atoms with Gasteiger partial charge in [0.05, 0.1) is 17.9 Å². The molecule has 39 heavy (non-hydrogen) atoms. The standard InChI is InChI=1S/C33H34N4O2/c1-23-5-4-6-26(19-23)30-11-14-34-31(36-30)22-25-20-27-13-18-39-32(27)29(21-25)33(38)35-28-9-7-24(8-10-28)12-17-37-15-2-3-16-37/h4-11,14,19-21H,2-3,12-13,15-18,22H2,1H3,(H,35,38). The second-order valence-electron chi connectivity index (χ2n) is 10.6. The van der Waals surface area contributed by atoms with E-state index in [4.69, 9.17) is 9.72 Å². The molecule has 1 saturated heterocycles. The van der Waals surface area contributed by atoms with E-state index in [9.17, 15) is 4.79 Å². The highest BCUT2D eigenvalue weighted by Crippen LogP contribution is 2.32. The van der Waals surface area contributed by atoms with Crippen LogP contribution in [0.3, 0.4) is 0 Å². The lowest BCUT2D eigenvalue weighted by atomic mass is 10.0. The summed E-state index contributed by atoms with van der Waals surface area (Å²) in [5.74, 6) is 1.26. The molecule has 198 valence electrons. The van der Waals surface area contributed by atoms with Gasteiger partial charge in [-0.15, -0.1) is 0 Å². The van der Waals surface area contributed by atoms with E-state index in [1.807, 2.05) is 30.3 Å². The molecule has 0 bridgehead atoms. The molecular formula is C33H34N4O2. The molecule has 2 aliphatic heterocycles. The number of fused-ring (bicyclic) bond motifs is 1. The van der Waals surface area contributed by atoms with E-state index in [0.29, 0.717) is 24.3 Å². The molecule has 0 aliphatic carbocycles. The molecule has 4 aromatic rings. The van der Waals surface area contributed by atoms with Crippen LogP contribution in [0.2, 0.25) is 0 Å². The lowest BCUT2D eigenvalue weighted by Gasteiger charge is -2.14. The molecule has 6 heteroatoms. The van der Waals surface area contributed by atoms with Gasteiger partial charge < -0.3 is 15.0 Å². The fourth-order valence-electron chi connectivity index (χ4n) is 5.52. The summed E-state index contributed by atoms with van der Waals surface area (Å²) in [5.41, 5.74) is 7.87. The summed E-state index contributed by atoms with van der Waals surface area (Å²) >= 11 is 0. The smallest absolute Gasteiger partial charge is 0.259 e. The summed E-state index contributed by atoms with van der Waals surface area (Å²) < 4.78 is 5.88. The largest absolute Gasteiger partial charge is 0.492 e. The maximum absolute atomic E-state index is 13.4. The summed E-state index contributed by atoms with van der Waals surface area (Å²) in [6.45, 7) is 6.19. The van der Waals surface area contributed by atoms with E-state index in [1.54, 1.807) is 6.20 Å². The molecule has 0 spiro atoms. The van der Waals surface area contributed by atoms with Crippen molar-refractivity contribution in [1.29, 1.82) is 0 Å². The van der Waals surface area contributed by atoms with Crippen molar-refractivity contribution in [3.63, 3.8) is 0 Å². The average molecular weight is 519 g/mol. The highest BCUT2D eigenvalue weighted by molar-refractivity contribution is 6.06. The van der Waals surface area contributed by atoms with E-state index in [-0.39, 0.29) is 5.91 Å². The minimum absolute atomic E-state index is 0.158. The molecule has 0 radical (unpaired) electrons. The number of nitrogens with one attached hydrogen (secondary N) is 1. The number of rotatable bonds is 8. The van der Waals surface area contributed by atoms with Crippen molar-refractivity contribution in [2.24, 2.45) is 0 Å². The van der Waals surface area contributed by atoms with Crippen molar-refractivity contribution in [2.75, 3.05) is 31.6 Å². The van der Waals surface area contributed by atoms with Gasteiger partial charge in [-0.1, -0.05) is 42.0 Å². The molecule has 6 rings (SSSR count). The van der Waals surface area contributed by atoms with Crippen molar-refractivity contribution >= 4 is 11.6 Å². The first-order valence-corrected chi connectivity index (χ1v) is 13.9. The molecule has 1 aromatic heterocycles. The molecule has 3 aromatic carbocycles. The summed E-state index contributed by atoms with van der Waals surface area (Å²) in [4.78, 5) is 25.3. The van der Waals surface area contributed by atoms with Crippen LogP contribution < -0.4 is 10.1 Å². The maximum Gasteiger partial charge on any atom is 0.259 e. The highest BCUT2D eigenvalue weighted by Gasteiger charge is 2.23. The van der Waals surface area contributed by atoms with Gasteiger partial charge in [-0.2, -0.15) is 0 Å². The minimum Gasteiger partial charge on any atom is -0.492 e. The number of carbonyl (C=O) groups excluding carboxylic acids is 1. The summed E-state index contributed by atoms with van der Waals surface area (Å²) in [6, 6.07) is 22.5. The van der Waals surface area contributed by atoms with Gasteiger partial charge in [0.2, 0.25) is 0 Å². The molecule has 6 nitrogen and oxygen atoms in total. The van der Waals surface area contributed by atoms with E-state index in [1.165, 1.54) is 37.1 Å². The molecular weight excluding hydrogens is 484 g/mol. The first kappa shape index (κ1) is 25.3. The number of amides is 1. The highest BCUT2D eigenvalue weighted by atomic mass is 16.5. The minimum atomic E-state index is -0.158. The number of aryl methyl sites for hydroxylation is 1. The van der Waals surface area contributed by atoms with Crippen LogP contribution in [0.15, 0.2) is 72.9 Å². The molecule has 0 saturated carbocycles. The Balaban J connectivity index is 1.17. The number of ether oxygens (including phenoxy) is 1.